The second-order valence-electron chi connectivity index (χ2n) is 2.33. The minimum Gasteiger partial charge on any atom is -0.298 e. The second-order valence-corrected chi connectivity index (χ2v) is 3.81. The smallest absolute Gasteiger partial charge is 0.298 e. The van der Waals surface area contributed by atoms with Crippen molar-refractivity contribution in [2.24, 2.45) is 0 Å². The Labute approximate surface area is 87.2 Å². The van der Waals surface area contributed by atoms with Gasteiger partial charge in [0.2, 0.25) is 0 Å². The summed E-state index contributed by atoms with van der Waals surface area (Å²) in [5.74, 6) is 0. The summed E-state index contributed by atoms with van der Waals surface area (Å²) in [5, 5.41) is -0.162. The topological polar surface area (TPSA) is 17.1 Å². The van der Waals surface area contributed by atoms with Crippen LogP contribution in [0.25, 0.3) is 0 Å². The van der Waals surface area contributed by atoms with E-state index in [9.17, 15) is 18.0 Å². The monoisotopic (exact) mass is 240 g/mol. The SMILES string of the molecule is O=Cc1cccc(SC(F)(F)F)c1Cl. The standard InChI is InChI=1S/C8H4ClF3OS/c9-7-5(4-13)2-1-3-6(7)14-8(10,11)12/h1-4H. The molecule has 0 aliphatic heterocycles. The van der Waals surface area contributed by atoms with Crippen molar-refractivity contribution >= 4 is 29.6 Å². The molecule has 6 heteroatoms. The molecule has 0 amide bonds. The summed E-state index contributed by atoms with van der Waals surface area (Å²) in [6, 6.07) is 3.92. The molecular weight excluding hydrogens is 237 g/mol. The first-order valence-corrected chi connectivity index (χ1v) is 4.63. The van der Waals surface area contributed by atoms with Crippen molar-refractivity contribution < 1.29 is 18.0 Å². The van der Waals surface area contributed by atoms with E-state index in [2.05, 4.69) is 0 Å². The van der Waals surface area contributed by atoms with E-state index in [4.69, 9.17) is 11.6 Å². The van der Waals surface area contributed by atoms with Crippen LogP contribution in [0.4, 0.5) is 13.2 Å². The molecule has 1 nitrogen and oxygen atoms in total. The fourth-order valence-electron chi connectivity index (χ4n) is 0.822. The van der Waals surface area contributed by atoms with Gasteiger partial charge in [-0.25, -0.2) is 0 Å². The number of benzene rings is 1. The van der Waals surface area contributed by atoms with Gasteiger partial charge in [0, 0.05) is 10.5 Å². The third kappa shape index (κ3) is 2.92. The zero-order chi connectivity index (χ0) is 10.8. The molecule has 0 bridgehead atoms. The summed E-state index contributed by atoms with van der Waals surface area (Å²) in [6.07, 6.45) is 0.419. The molecule has 0 saturated heterocycles. The summed E-state index contributed by atoms with van der Waals surface area (Å²) in [6.45, 7) is 0. The maximum Gasteiger partial charge on any atom is 0.446 e. The van der Waals surface area contributed by atoms with E-state index in [0.717, 1.165) is 0 Å². The first-order valence-electron chi connectivity index (χ1n) is 3.43. The van der Waals surface area contributed by atoms with Crippen molar-refractivity contribution in [2.75, 3.05) is 0 Å². The first kappa shape index (κ1) is 11.4. The number of hydrogen-bond acceptors (Lipinski definition) is 2. The Balaban J connectivity index is 3.04. The average Bonchev–Trinajstić information content (AvgIpc) is 2.06. The Morgan fingerprint density at radius 2 is 2.00 bits per heavy atom. The van der Waals surface area contributed by atoms with E-state index in [-0.39, 0.29) is 27.2 Å². The highest BCUT2D eigenvalue weighted by atomic mass is 35.5. The van der Waals surface area contributed by atoms with Crippen LogP contribution in [0.5, 0.6) is 0 Å². The van der Waals surface area contributed by atoms with E-state index in [0.29, 0.717) is 6.29 Å². The second kappa shape index (κ2) is 4.23. The molecule has 1 aromatic rings. The first-order chi connectivity index (χ1) is 6.44. The number of halogens is 4. The summed E-state index contributed by atoms with van der Waals surface area (Å²) < 4.78 is 35.9. The Hall–Kier alpha value is -0.680. The number of hydrogen-bond donors (Lipinski definition) is 0. The molecule has 0 unspecified atom stereocenters. The molecule has 0 N–H and O–H groups in total. The summed E-state index contributed by atoms with van der Waals surface area (Å²) in [7, 11) is 0. The van der Waals surface area contributed by atoms with Crippen molar-refractivity contribution in [3.8, 4) is 0 Å². The van der Waals surface area contributed by atoms with Crippen molar-refractivity contribution in [3.63, 3.8) is 0 Å². The van der Waals surface area contributed by atoms with E-state index >= 15 is 0 Å². The molecular formula is C8H4ClF3OS. The molecule has 1 rings (SSSR count). The molecule has 0 atom stereocenters. The minimum absolute atomic E-state index is 0.0564. The maximum absolute atomic E-state index is 12.0. The Morgan fingerprint density at radius 1 is 1.36 bits per heavy atom. The van der Waals surface area contributed by atoms with Crippen LogP contribution in [0, 0.1) is 0 Å². The van der Waals surface area contributed by atoms with Crippen LogP contribution in [0.1, 0.15) is 10.4 Å². The molecule has 0 radical (unpaired) electrons. The molecule has 0 spiro atoms. The van der Waals surface area contributed by atoms with Gasteiger partial charge in [0.1, 0.15) is 0 Å². The Bertz CT molecular complexity index is 351. The molecule has 0 saturated carbocycles. The molecule has 1 aromatic carbocycles. The van der Waals surface area contributed by atoms with Crippen LogP contribution in [0.15, 0.2) is 23.1 Å². The van der Waals surface area contributed by atoms with Crippen molar-refractivity contribution in [1.29, 1.82) is 0 Å². The van der Waals surface area contributed by atoms with Crippen LogP contribution >= 0.6 is 23.4 Å². The van der Waals surface area contributed by atoms with Gasteiger partial charge in [-0.3, -0.25) is 4.79 Å². The largest absolute Gasteiger partial charge is 0.446 e. The van der Waals surface area contributed by atoms with Gasteiger partial charge in [0.15, 0.2) is 6.29 Å². The molecule has 0 aliphatic rings. The predicted molar refractivity (Wildman–Crippen MR) is 48.8 cm³/mol. The molecule has 0 fully saturated rings. The zero-order valence-corrected chi connectivity index (χ0v) is 8.21. The van der Waals surface area contributed by atoms with Gasteiger partial charge in [-0.15, -0.1) is 0 Å². The number of aldehydes is 1. The van der Waals surface area contributed by atoms with Crippen LogP contribution in [0.3, 0.4) is 0 Å². The number of carbonyl (C=O) groups is 1. The van der Waals surface area contributed by atoms with Crippen molar-refractivity contribution in [3.05, 3.63) is 28.8 Å². The minimum atomic E-state index is -4.40. The van der Waals surface area contributed by atoms with E-state index in [1.54, 1.807) is 0 Å². The third-order valence-corrected chi connectivity index (χ3v) is 2.67. The van der Waals surface area contributed by atoms with E-state index in [1.807, 2.05) is 0 Å². The highest BCUT2D eigenvalue weighted by molar-refractivity contribution is 8.00. The van der Waals surface area contributed by atoms with Gasteiger partial charge in [0.05, 0.1) is 5.02 Å². The highest BCUT2D eigenvalue weighted by Crippen LogP contribution is 2.40. The van der Waals surface area contributed by atoms with Gasteiger partial charge in [0.25, 0.3) is 0 Å². The lowest BCUT2D eigenvalue weighted by molar-refractivity contribution is -0.0328. The van der Waals surface area contributed by atoms with Crippen LogP contribution in [0.2, 0.25) is 5.02 Å². The highest BCUT2D eigenvalue weighted by Gasteiger charge is 2.30. The van der Waals surface area contributed by atoms with Crippen LogP contribution in [-0.2, 0) is 0 Å². The molecule has 0 aliphatic carbocycles. The van der Waals surface area contributed by atoms with Gasteiger partial charge in [-0.1, -0.05) is 23.7 Å². The summed E-state index contributed by atoms with van der Waals surface area (Å²) in [5.41, 5.74) is -4.34. The number of rotatable bonds is 2. The van der Waals surface area contributed by atoms with Gasteiger partial charge in [-0.05, 0) is 17.8 Å². The number of alkyl halides is 3. The summed E-state index contributed by atoms with van der Waals surface area (Å²) >= 11 is 5.23. The van der Waals surface area contributed by atoms with Crippen LogP contribution in [-0.4, -0.2) is 11.8 Å². The Morgan fingerprint density at radius 3 is 2.50 bits per heavy atom. The van der Waals surface area contributed by atoms with E-state index in [1.165, 1.54) is 18.2 Å². The molecule has 14 heavy (non-hydrogen) atoms. The molecule has 76 valence electrons. The fraction of sp³-hybridized carbons (Fsp3) is 0.125. The van der Waals surface area contributed by atoms with Crippen molar-refractivity contribution in [2.45, 2.75) is 10.4 Å². The summed E-state index contributed by atoms with van der Waals surface area (Å²) in [4.78, 5) is 10.2. The van der Waals surface area contributed by atoms with Crippen molar-refractivity contribution in [1.82, 2.24) is 0 Å². The van der Waals surface area contributed by atoms with Gasteiger partial charge >= 0.3 is 5.51 Å². The Kier molecular flexibility index (Phi) is 3.44. The van der Waals surface area contributed by atoms with Gasteiger partial charge in [-0.2, -0.15) is 13.2 Å². The predicted octanol–water partition coefficient (Wildman–Crippen LogP) is 3.76. The lowest BCUT2D eigenvalue weighted by Gasteiger charge is -2.07. The van der Waals surface area contributed by atoms with Crippen LogP contribution < -0.4 is 0 Å². The number of thioether (sulfide) groups is 1. The normalized spacial score (nSPS) is 11.4. The number of carbonyl (C=O) groups excluding carboxylic acids is 1. The third-order valence-electron chi connectivity index (χ3n) is 1.35. The zero-order valence-electron chi connectivity index (χ0n) is 6.64. The molecule has 0 heterocycles. The fourth-order valence-corrected chi connectivity index (χ4v) is 1.71. The maximum atomic E-state index is 12.0. The van der Waals surface area contributed by atoms with Gasteiger partial charge < -0.3 is 0 Å². The average molecular weight is 241 g/mol. The lowest BCUT2D eigenvalue weighted by atomic mass is 10.2. The van der Waals surface area contributed by atoms with E-state index < -0.39 is 5.51 Å². The lowest BCUT2D eigenvalue weighted by Crippen LogP contribution is -1.99. The molecule has 0 aromatic heterocycles. The quantitative estimate of drug-likeness (QED) is 0.578.